The summed E-state index contributed by atoms with van der Waals surface area (Å²) < 4.78 is 0. The van der Waals surface area contributed by atoms with Crippen molar-refractivity contribution >= 4 is 11.9 Å². The molecule has 2 atom stereocenters. The van der Waals surface area contributed by atoms with Crippen molar-refractivity contribution < 1.29 is 14.7 Å². The van der Waals surface area contributed by atoms with Crippen LogP contribution in [0.2, 0.25) is 0 Å². The number of carbonyl (C=O) groups is 2. The van der Waals surface area contributed by atoms with Gasteiger partial charge in [0.25, 0.3) is 0 Å². The zero-order valence-corrected chi connectivity index (χ0v) is 11.0. The van der Waals surface area contributed by atoms with Gasteiger partial charge in [-0.15, -0.1) is 0 Å². The van der Waals surface area contributed by atoms with Gasteiger partial charge in [-0.25, -0.2) is 0 Å². The monoisotopic (exact) mass is 241 g/mol. The average molecular weight is 241 g/mol. The molecule has 0 heterocycles. The first-order valence-corrected chi connectivity index (χ1v) is 6.56. The number of amides is 1. The van der Waals surface area contributed by atoms with Gasteiger partial charge in [-0.3, -0.25) is 9.59 Å². The van der Waals surface area contributed by atoms with E-state index < -0.39 is 11.9 Å². The highest BCUT2D eigenvalue weighted by molar-refractivity contribution is 5.89. The van der Waals surface area contributed by atoms with Crippen molar-refractivity contribution in [2.75, 3.05) is 13.1 Å². The van der Waals surface area contributed by atoms with Crippen molar-refractivity contribution in [1.29, 1.82) is 0 Å². The van der Waals surface area contributed by atoms with E-state index >= 15 is 0 Å². The zero-order valence-electron chi connectivity index (χ0n) is 11.0. The molecule has 0 bridgehead atoms. The first kappa shape index (κ1) is 14.0. The first-order valence-electron chi connectivity index (χ1n) is 6.56. The topological polar surface area (TPSA) is 57.6 Å². The normalized spacial score (nSPS) is 22.6. The molecule has 0 unspecified atom stereocenters. The molecule has 0 radical (unpaired) electrons. The lowest BCUT2D eigenvalue weighted by atomic mass is 10.0. The van der Waals surface area contributed by atoms with Gasteiger partial charge in [0.1, 0.15) is 0 Å². The molecule has 1 rings (SSSR count). The molecule has 0 aromatic rings. The highest BCUT2D eigenvalue weighted by atomic mass is 16.4. The maximum atomic E-state index is 12.1. The average Bonchev–Trinajstić information content (AvgIpc) is 3.10. The lowest BCUT2D eigenvalue weighted by Crippen LogP contribution is -2.36. The molecule has 1 aliphatic rings. The number of carboxylic acid groups (broad SMARTS) is 1. The summed E-state index contributed by atoms with van der Waals surface area (Å²) in [6.07, 6.45) is 2.65. The van der Waals surface area contributed by atoms with E-state index in [-0.39, 0.29) is 11.8 Å². The summed E-state index contributed by atoms with van der Waals surface area (Å²) in [6, 6.07) is 0. The van der Waals surface area contributed by atoms with Crippen molar-refractivity contribution in [3.63, 3.8) is 0 Å². The van der Waals surface area contributed by atoms with Crippen LogP contribution in [0.15, 0.2) is 0 Å². The standard InChI is InChI=1S/C13H23NO3/c1-4-9(5-2)8-14(6-3)12(15)10-7-11(10)13(16)17/h9-11H,4-8H2,1-3H3,(H,16,17)/t10-,11+/m1/s1. The molecule has 98 valence electrons. The van der Waals surface area contributed by atoms with Gasteiger partial charge in [0, 0.05) is 13.1 Å². The molecule has 0 aliphatic heterocycles. The Labute approximate surface area is 103 Å². The maximum absolute atomic E-state index is 12.1. The summed E-state index contributed by atoms with van der Waals surface area (Å²) in [5.41, 5.74) is 0. The molecule has 0 saturated heterocycles. The molecule has 1 amide bonds. The summed E-state index contributed by atoms with van der Waals surface area (Å²) >= 11 is 0. The Morgan fingerprint density at radius 2 is 1.82 bits per heavy atom. The summed E-state index contributed by atoms with van der Waals surface area (Å²) in [5, 5.41) is 8.83. The van der Waals surface area contributed by atoms with E-state index in [0.29, 0.717) is 18.9 Å². The van der Waals surface area contributed by atoms with E-state index in [2.05, 4.69) is 13.8 Å². The summed E-state index contributed by atoms with van der Waals surface area (Å²) in [7, 11) is 0. The fourth-order valence-electron chi connectivity index (χ4n) is 2.21. The predicted octanol–water partition coefficient (Wildman–Crippen LogP) is 1.99. The van der Waals surface area contributed by atoms with Crippen LogP contribution in [-0.4, -0.2) is 35.0 Å². The highest BCUT2D eigenvalue weighted by Gasteiger charge is 2.49. The van der Waals surface area contributed by atoms with Gasteiger partial charge in [-0.2, -0.15) is 0 Å². The first-order chi connectivity index (χ1) is 8.04. The second-order valence-electron chi connectivity index (χ2n) is 4.85. The second-order valence-corrected chi connectivity index (χ2v) is 4.85. The molecular formula is C13H23NO3. The molecule has 0 aromatic carbocycles. The van der Waals surface area contributed by atoms with Crippen LogP contribution in [0.25, 0.3) is 0 Å². The van der Waals surface area contributed by atoms with Crippen molar-refractivity contribution in [2.45, 2.75) is 40.0 Å². The molecule has 17 heavy (non-hydrogen) atoms. The summed E-state index contributed by atoms with van der Waals surface area (Å²) in [4.78, 5) is 24.7. The van der Waals surface area contributed by atoms with Crippen molar-refractivity contribution in [2.24, 2.45) is 17.8 Å². The molecule has 1 saturated carbocycles. The minimum absolute atomic E-state index is 0.0341. The van der Waals surface area contributed by atoms with Crippen LogP contribution < -0.4 is 0 Å². The van der Waals surface area contributed by atoms with Gasteiger partial charge in [0.05, 0.1) is 11.8 Å². The minimum atomic E-state index is -0.832. The number of hydrogen-bond acceptors (Lipinski definition) is 2. The van der Waals surface area contributed by atoms with Gasteiger partial charge < -0.3 is 10.0 Å². The number of rotatable bonds is 7. The van der Waals surface area contributed by atoms with E-state index in [4.69, 9.17) is 5.11 Å². The highest BCUT2D eigenvalue weighted by Crippen LogP contribution is 2.40. The fourth-order valence-corrected chi connectivity index (χ4v) is 2.21. The van der Waals surface area contributed by atoms with Gasteiger partial charge in [0.15, 0.2) is 0 Å². The molecule has 1 N–H and O–H groups in total. The Balaban J connectivity index is 2.51. The molecule has 4 nitrogen and oxygen atoms in total. The number of hydrogen-bond donors (Lipinski definition) is 1. The molecule has 4 heteroatoms. The van der Waals surface area contributed by atoms with Crippen LogP contribution >= 0.6 is 0 Å². The molecule has 0 aromatic heterocycles. The third kappa shape index (κ3) is 3.45. The number of carboxylic acids is 1. The largest absolute Gasteiger partial charge is 0.481 e. The summed E-state index contributed by atoms with van der Waals surface area (Å²) in [5.74, 6) is -0.963. The van der Waals surface area contributed by atoms with Gasteiger partial charge >= 0.3 is 5.97 Å². The van der Waals surface area contributed by atoms with Crippen LogP contribution in [0.1, 0.15) is 40.0 Å². The molecular weight excluding hydrogens is 218 g/mol. The van der Waals surface area contributed by atoms with Crippen LogP contribution in [0.5, 0.6) is 0 Å². The quantitative estimate of drug-likeness (QED) is 0.741. The third-order valence-corrected chi connectivity index (χ3v) is 3.75. The van der Waals surface area contributed by atoms with Gasteiger partial charge in [0.2, 0.25) is 5.91 Å². The van der Waals surface area contributed by atoms with Crippen molar-refractivity contribution in [3.8, 4) is 0 Å². The molecule has 1 fully saturated rings. The molecule has 1 aliphatic carbocycles. The van der Waals surface area contributed by atoms with Gasteiger partial charge in [-0.05, 0) is 19.3 Å². The lowest BCUT2D eigenvalue weighted by Gasteiger charge is -2.25. The van der Waals surface area contributed by atoms with E-state index in [9.17, 15) is 9.59 Å². The van der Waals surface area contributed by atoms with Crippen molar-refractivity contribution in [3.05, 3.63) is 0 Å². The number of carbonyl (C=O) groups excluding carboxylic acids is 1. The Morgan fingerprint density at radius 3 is 2.18 bits per heavy atom. The number of aliphatic carboxylic acids is 1. The fraction of sp³-hybridized carbons (Fsp3) is 0.846. The van der Waals surface area contributed by atoms with Gasteiger partial charge in [-0.1, -0.05) is 26.7 Å². The van der Waals surface area contributed by atoms with E-state index in [1.165, 1.54) is 0 Å². The Hall–Kier alpha value is -1.06. The summed E-state index contributed by atoms with van der Waals surface area (Å²) in [6.45, 7) is 7.66. The van der Waals surface area contributed by atoms with Crippen LogP contribution in [0, 0.1) is 17.8 Å². The zero-order chi connectivity index (χ0) is 13.0. The molecule has 0 spiro atoms. The Bertz CT molecular complexity index is 286. The van der Waals surface area contributed by atoms with Crippen LogP contribution in [-0.2, 0) is 9.59 Å². The van der Waals surface area contributed by atoms with E-state index in [1.807, 2.05) is 11.8 Å². The van der Waals surface area contributed by atoms with Crippen LogP contribution in [0.3, 0.4) is 0 Å². The predicted molar refractivity (Wildman–Crippen MR) is 65.6 cm³/mol. The second kappa shape index (κ2) is 6.03. The van der Waals surface area contributed by atoms with E-state index in [1.54, 1.807) is 0 Å². The number of nitrogens with zero attached hydrogens (tertiary/aromatic N) is 1. The third-order valence-electron chi connectivity index (χ3n) is 3.75. The Morgan fingerprint density at radius 1 is 1.24 bits per heavy atom. The Kier molecular flexibility index (Phi) is 4.97. The lowest BCUT2D eigenvalue weighted by molar-refractivity contribution is -0.142. The smallest absolute Gasteiger partial charge is 0.307 e. The maximum Gasteiger partial charge on any atom is 0.307 e. The van der Waals surface area contributed by atoms with E-state index in [0.717, 1.165) is 19.4 Å². The minimum Gasteiger partial charge on any atom is -0.481 e. The van der Waals surface area contributed by atoms with Crippen LogP contribution in [0.4, 0.5) is 0 Å². The SMILES string of the molecule is CCC(CC)CN(CC)C(=O)[C@@H]1C[C@@H]1C(=O)O. The van der Waals surface area contributed by atoms with Crippen molar-refractivity contribution in [1.82, 2.24) is 4.90 Å².